The third-order valence-electron chi connectivity index (χ3n) is 8.05. The molecule has 2 atom stereocenters. The Morgan fingerprint density at radius 3 is 2.36 bits per heavy atom. The van der Waals surface area contributed by atoms with Gasteiger partial charge in [-0.15, -0.1) is 0 Å². The average molecular weight is 652 g/mol. The van der Waals surface area contributed by atoms with Crippen molar-refractivity contribution in [1.29, 1.82) is 0 Å². The lowest BCUT2D eigenvalue weighted by Gasteiger charge is -2.26. The molecule has 0 aliphatic carbocycles. The van der Waals surface area contributed by atoms with E-state index >= 15 is 0 Å². The van der Waals surface area contributed by atoms with Crippen molar-refractivity contribution in [1.82, 2.24) is 24.8 Å². The standard InChI is InChI=1S/C35H40F3N5O4/c1-20(2)14-29(43-19-24(11-13-42(5)6)26(16-30(43)44)35(36,37)38)34(47)41-28(17-31(45)46)27-15-23-10-12-39-18-25(23)33(40-27)32-21(3)8-7-9-22(32)4/h7-10,12,15-16,18-20,28-29H,11,13-14,17H2,1-6H3,(H,41,47)(H,45,46)/t28-,29+/m1/s1. The van der Waals surface area contributed by atoms with Crippen molar-refractivity contribution in [2.75, 3.05) is 20.6 Å². The van der Waals surface area contributed by atoms with Crippen molar-refractivity contribution in [3.8, 4) is 11.3 Å². The quantitative estimate of drug-likeness (QED) is 0.190. The minimum absolute atomic E-state index is 0.00323. The lowest BCUT2D eigenvalue weighted by atomic mass is 9.95. The fourth-order valence-electron chi connectivity index (χ4n) is 5.77. The Bertz CT molecular complexity index is 1810. The van der Waals surface area contributed by atoms with Gasteiger partial charge in [-0.3, -0.25) is 19.4 Å². The normalized spacial score (nSPS) is 13.3. The summed E-state index contributed by atoms with van der Waals surface area (Å²) in [6, 6.07) is 7.50. The zero-order valence-corrected chi connectivity index (χ0v) is 27.4. The minimum Gasteiger partial charge on any atom is -0.481 e. The fraction of sp³-hybridized carbons (Fsp3) is 0.400. The number of carbonyl (C=O) groups is 2. The molecule has 3 heterocycles. The molecular weight excluding hydrogens is 611 g/mol. The summed E-state index contributed by atoms with van der Waals surface area (Å²) in [5, 5.41) is 14.2. The first-order valence-corrected chi connectivity index (χ1v) is 15.4. The van der Waals surface area contributed by atoms with Gasteiger partial charge in [0.05, 0.1) is 29.4 Å². The van der Waals surface area contributed by atoms with Crippen LogP contribution in [-0.2, 0) is 22.2 Å². The highest BCUT2D eigenvalue weighted by molar-refractivity contribution is 5.96. The monoisotopic (exact) mass is 651 g/mol. The molecule has 0 unspecified atom stereocenters. The summed E-state index contributed by atoms with van der Waals surface area (Å²) >= 11 is 0. The predicted octanol–water partition coefficient (Wildman–Crippen LogP) is 6.12. The Balaban J connectivity index is 1.83. The summed E-state index contributed by atoms with van der Waals surface area (Å²) in [4.78, 5) is 50.2. The lowest BCUT2D eigenvalue weighted by molar-refractivity contribution is -0.139. The zero-order valence-electron chi connectivity index (χ0n) is 27.4. The molecule has 4 rings (SSSR count). The second-order valence-corrected chi connectivity index (χ2v) is 12.6. The van der Waals surface area contributed by atoms with Gasteiger partial charge in [0, 0.05) is 42.2 Å². The third kappa shape index (κ3) is 8.42. The molecule has 2 N–H and O–H groups in total. The molecule has 3 aromatic heterocycles. The molecule has 0 bridgehead atoms. The van der Waals surface area contributed by atoms with Gasteiger partial charge in [-0.2, -0.15) is 13.2 Å². The van der Waals surface area contributed by atoms with Crippen LogP contribution >= 0.6 is 0 Å². The van der Waals surface area contributed by atoms with Crippen molar-refractivity contribution >= 4 is 22.6 Å². The number of carboxylic acid groups (broad SMARTS) is 1. The molecule has 250 valence electrons. The Labute approximate surface area is 271 Å². The largest absolute Gasteiger partial charge is 0.481 e. The molecule has 47 heavy (non-hydrogen) atoms. The highest BCUT2D eigenvalue weighted by Gasteiger charge is 2.36. The van der Waals surface area contributed by atoms with E-state index in [1.54, 1.807) is 43.5 Å². The van der Waals surface area contributed by atoms with E-state index < -0.39 is 47.7 Å². The second-order valence-electron chi connectivity index (χ2n) is 12.6. The van der Waals surface area contributed by atoms with Crippen LogP contribution < -0.4 is 10.9 Å². The number of hydrogen-bond acceptors (Lipinski definition) is 6. The number of aryl methyl sites for hydroxylation is 2. The lowest BCUT2D eigenvalue weighted by Crippen LogP contribution is -2.41. The Kier molecular flexibility index (Phi) is 10.9. The number of amides is 1. The van der Waals surface area contributed by atoms with Gasteiger partial charge < -0.3 is 19.9 Å². The van der Waals surface area contributed by atoms with Gasteiger partial charge in [0.15, 0.2) is 0 Å². The number of aliphatic carboxylic acids is 1. The SMILES string of the molecule is Cc1cccc(C)c1-c1nc([C@@H](CC(=O)O)NC(=O)[C@H](CC(C)C)n2cc(CCN(C)C)c(C(F)(F)F)cc2=O)cc2ccncc12. The maximum atomic E-state index is 14.1. The van der Waals surface area contributed by atoms with Crippen LogP contribution in [-0.4, -0.2) is 57.1 Å². The van der Waals surface area contributed by atoms with E-state index in [0.717, 1.165) is 38.2 Å². The van der Waals surface area contributed by atoms with E-state index in [9.17, 15) is 32.7 Å². The number of aromatic nitrogens is 3. The topological polar surface area (TPSA) is 117 Å². The number of alkyl halides is 3. The number of halogens is 3. The van der Waals surface area contributed by atoms with Gasteiger partial charge in [-0.05, 0) is 80.9 Å². The maximum Gasteiger partial charge on any atom is 0.416 e. The van der Waals surface area contributed by atoms with Crippen LogP contribution in [0.5, 0.6) is 0 Å². The van der Waals surface area contributed by atoms with Crippen molar-refractivity contribution < 1.29 is 27.9 Å². The first kappa shape index (κ1) is 35.3. The molecule has 0 fully saturated rings. The highest BCUT2D eigenvalue weighted by Crippen LogP contribution is 2.35. The van der Waals surface area contributed by atoms with Crippen LogP contribution in [0.15, 0.2) is 59.8 Å². The molecule has 1 amide bonds. The van der Waals surface area contributed by atoms with E-state index in [-0.39, 0.29) is 36.6 Å². The van der Waals surface area contributed by atoms with Crippen LogP contribution in [0.3, 0.4) is 0 Å². The molecule has 0 aliphatic heterocycles. The summed E-state index contributed by atoms with van der Waals surface area (Å²) in [6.07, 6.45) is -0.756. The summed E-state index contributed by atoms with van der Waals surface area (Å²) in [5.41, 5.74) is 1.48. The number of nitrogens with zero attached hydrogens (tertiary/aromatic N) is 4. The number of pyridine rings is 3. The molecule has 0 radical (unpaired) electrons. The van der Waals surface area contributed by atoms with E-state index in [1.807, 2.05) is 45.9 Å². The fourth-order valence-corrected chi connectivity index (χ4v) is 5.77. The van der Waals surface area contributed by atoms with Crippen molar-refractivity contribution in [3.05, 3.63) is 93.3 Å². The van der Waals surface area contributed by atoms with Gasteiger partial charge in [-0.25, -0.2) is 4.98 Å². The van der Waals surface area contributed by atoms with Crippen molar-refractivity contribution in [3.63, 3.8) is 0 Å². The maximum absolute atomic E-state index is 14.1. The number of rotatable bonds is 12. The van der Waals surface area contributed by atoms with E-state index in [0.29, 0.717) is 11.8 Å². The van der Waals surface area contributed by atoms with E-state index in [4.69, 9.17) is 4.98 Å². The van der Waals surface area contributed by atoms with Crippen molar-refractivity contribution in [2.24, 2.45) is 5.92 Å². The number of likely N-dealkylation sites (N-methyl/N-ethyl adjacent to an activating group) is 1. The molecule has 4 aromatic rings. The first-order valence-electron chi connectivity index (χ1n) is 15.4. The molecule has 9 nitrogen and oxygen atoms in total. The number of carbonyl (C=O) groups excluding carboxylic acids is 1. The summed E-state index contributed by atoms with van der Waals surface area (Å²) in [5.74, 6) is -2.03. The smallest absolute Gasteiger partial charge is 0.416 e. The molecule has 0 saturated heterocycles. The molecule has 0 spiro atoms. The minimum atomic E-state index is -4.76. The summed E-state index contributed by atoms with van der Waals surface area (Å²) in [6.45, 7) is 7.83. The summed E-state index contributed by atoms with van der Waals surface area (Å²) < 4.78 is 42.9. The van der Waals surface area contributed by atoms with Crippen LogP contribution in [0.4, 0.5) is 13.2 Å². The summed E-state index contributed by atoms with van der Waals surface area (Å²) in [7, 11) is 3.45. The van der Waals surface area contributed by atoms with Crippen molar-refractivity contribution in [2.45, 2.75) is 65.2 Å². The number of nitrogens with one attached hydrogen (secondary N) is 1. The molecular formula is C35H40F3N5O4. The first-order chi connectivity index (χ1) is 22.1. The third-order valence-corrected chi connectivity index (χ3v) is 8.05. The predicted molar refractivity (Wildman–Crippen MR) is 174 cm³/mol. The van der Waals surface area contributed by atoms with Gasteiger partial charge in [-0.1, -0.05) is 32.0 Å². The van der Waals surface area contributed by atoms with Crippen LogP contribution in [0.2, 0.25) is 0 Å². The van der Waals surface area contributed by atoms with Crippen LogP contribution in [0.1, 0.15) is 66.7 Å². The van der Waals surface area contributed by atoms with Gasteiger partial charge >= 0.3 is 12.1 Å². The number of fused-ring (bicyclic) bond motifs is 1. The molecule has 0 saturated carbocycles. The molecule has 12 heteroatoms. The zero-order chi connectivity index (χ0) is 34.6. The van der Waals surface area contributed by atoms with E-state index in [1.165, 1.54) is 0 Å². The van der Waals surface area contributed by atoms with Gasteiger partial charge in [0.2, 0.25) is 5.91 Å². The number of carboxylic acids is 1. The van der Waals surface area contributed by atoms with Crippen LogP contribution in [0.25, 0.3) is 22.0 Å². The molecule has 1 aromatic carbocycles. The Hall–Kier alpha value is -4.58. The Morgan fingerprint density at radius 2 is 1.77 bits per heavy atom. The van der Waals surface area contributed by atoms with Gasteiger partial charge in [0.25, 0.3) is 5.56 Å². The Morgan fingerprint density at radius 1 is 1.09 bits per heavy atom. The van der Waals surface area contributed by atoms with E-state index in [2.05, 4.69) is 10.3 Å². The number of hydrogen-bond donors (Lipinski definition) is 2. The molecule has 0 aliphatic rings. The van der Waals surface area contributed by atoms with Gasteiger partial charge in [0.1, 0.15) is 6.04 Å². The average Bonchev–Trinajstić information content (AvgIpc) is 2.97. The van der Waals surface area contributed by atoms with Crippen LogP contribution in [0, 0.1) is 19.8 Å². The second kappa shape index (κ2) is 14.5. The highest BCUT2D eigenvalue weighted by atomic mass is 19.4. The number of benzene rings is 1.